The van der Waals surface area contributed by atoms with Crippen LogP contribution in [0.4, 0.5) is 0 Å². The lowest BCUT2D eigenvalue weighted by Gasteiger charge is -2.37. The summed E-state index contributed by atoms with van der Waals surface area (Å²) in [5.74, 6) is 10.2. The summed E-state index contributed by atoms with van der Waals surface area (Å²) in [6, 6.07) is 41.5. The number of hydrogen-bond acceptors (Lipinski definition) is 12. The highest BCUT2D eigenvalue weighted by Gasteiger charge is 2.40. The standard InChI is InChI=1S/2C25H31NOS2.2C2H2O4.H2O/c2*27-25(23-15-6-2-7-16-23,24-28-20-11-21-29-24)17-8-3-9-18-26-19-10-14-22-12-4-1-5-13-22;2*3-1(4)2(5)6;/h2*1-2,4-7,12-13,15-16,24,26-27H,8,10-11,14,17-21H2;2*(H,3,4)(H,5,6);1H2. The molecule has 13 nitrogen and oxygen atoms in total. The number of carboxylic acid groups (broad SMARTS) is 4. The van der Waals surface area contributed by atoms with Gasteiger partial charge in [-0.05, 0) is 110 Å². The van der Waals surface area contributed by atoms with Crippen LogP contribution < -0.4 is 10.6 Å². The Labute approximate surface area is 435 Å². The Bertz CT molecular complexity index is 2050. The zero-order valence-electron chi connectivity index (χ0n) is 39.9. The molecule has 2 heterocycles. The Balaban J connectivity index is 0.000000391. The number of aliphatic hydroxyl groups is 2. The first-order valence-corrected chi connectivity index (χ1v) is 27.4. The molecule has 6 rings (SSSR count). The van der Waals surface area contributed by atoms with E-state index in [1.165, 1.54) is 24.0 Å². The van der Waals surface area contributed by atoms with Gasteiger partial charge in [-0.25, -0.2) is 19.2 Å². The van der Waals surface area contributed by atoms with Gasteiger partial charge in [0.15, 0.2) is 0 Å². The second kappa shape index (κ2) is 36.9. The molecule has 2 aliphatic rings. The molecule has 17 heteroatoms. The van der Waals surface area contributed by atoms with Gasteiger partial charge in [-0.3, -0.25) is 0 Å². The minimum Gasteiger partial charge on any atom is -0.473 e. The molecule has 384 valence electrons. The highest BCUT2D eigenvalue weighted by atomic mass is 32.2. The fourth-order valence-electron chi connectivity index (χ4n) is 7.01. The van der Waals surface area contributed by atoms with Crippen LogP contribution in [0.5, 0.6) is 0 Å². The molecule has 4 aromatic rings. The number of hydrogen-bond donors (Lipinski definition) is 8. The minimum absolute atomic E-state index is 0. The van der Waals surface area contributed by atoms with E-state index in [0.717, 1.165) is 72.9 Å². The van der Waals surface area contributed by atoms with Crippen LogP contribution in [0.1, 0.15) is 73.6 Å². The van der Waals surface area contributed by atoms with E-state index in [0.29, 0.717) is 38.8 Å². The third-order valence-electron chi connectivity index (χ3n) is 10.6. The van der Waals surface area contributed by atoms with Crippen molar-refractivity contribution >= 4 is 70.9 Å². The highest BCUT2D eigenvalue weighted by molar-refractivity contribution is 8.18. The van der Waals surface area contributed by atoms with Crippen LogP contribution in [-0.2, 0) is 43.2 Å². The molecule has 71 heavy (non-hydrogen) atoms. The molecule has 2 unspecified atom stereocenters. The summed E-state index contributed by atoms with van der Waals surface area (Å²) in [5.41, 5.74) is 3.20. The fourth-order valence-corrected chi connectivity index (χ4v) is 13.5. The molecule has 0 aliphatic carbocycles. The van der Waals surface area contributed by atoms with Gasteiger partial charge < -0.3 is 46.7 Å². The van der Waals surface area contributed by atoms with E-state index in [2.05, 4.69) is 119 Å². The normalized spacial score (nSPS) is 14.8. The number of rotatable bonds is 18. The second-order valence-corrected chi connectivity index (χ2v) is 21.3. The van der Waals surface area contributed by atoms with Crippen LogP contribution in [0.15, 0.2) is 121 Å². The molecule has 0 bridgehead atoms. The number of thioether (sulfide) groups is 4. The van der Waals surface area contributed by atoms with E-state index in [1.807, 2.05) is 83.4 Å². The van der Waals surface area contributed by atoms with Crippen LogP contribution in [0.2, 0.25) is 0 Å². The first-order chi connectivity index (χ1) is 33.9. The molecule has 0 spiro atoms. The van der Waals surface area contributed by atoms with Crippen LogP contribution in [-0.4, -0.2) is 118 Å². The number of nitrogens with one attached hydrogen (secondary N) is 2. The van der Waals surface area contributed by atoms with Crippen LogP contribution in [0.3, 0.4) is 0 Å². The number of aryl methyl sites for hydroxylation is 2. The lowest BCUT2D eigenvalue weighted by molar-refractivity contribution is -0.159. The summed E-state index contributed by atoms with van der Waals surface area (Å²) < 4.78 is 0.383. The molecular formula is C54H68N2O11S4. The summed E-state index contributed by atoms with van der Waals surface area (Å²) in [6.45, 7) is 3.39. The molecule has 2 atom stereocenters. The van der Waals surface area contributed by atoms with Gasteiger partial charge in [-0.1, -0.05) is 133 Å². The lowest BCUT2D eigenvalue weighted by atomic mass is 9.90. The number of benzene rings is 4. The molecular weight excluding hydrogens is 981 g/mol. The first-order valence-electron chi connectivity index (χ1n) is 23.2. The molecule has 10 N–H and O–H groups in total. The number of carboxylic acids is 4. The Morgan fingerprint density at radius 1 is 0.479 bits per heavy atom. The van der Waals surface area contributed by atoms with E-state index in [9.17, 15) is 10.2 Å². The van der Waals surface area contributed by atoms with E-state index in [-0.39, 0.29) is 14.6 Å². The molecule has 2 saturated heterocycles. The smallest absolute Gasteiger partial charge is 0.414 e. The van der Waals surface area contributed by atoms with Crippen molar-refractivity contribution in [3.63, 3.8) is 0 Å². The van der Waals surface area contributed by atoms with Crippen LogP contribution >= 0.6 is 47.0 Å². The van der Waals surface area contributed by atoms with Gasteiger partial charge in [0.05, 0.1) is 22.3 Å². The Kier molecular flexibility index (Phi) is 32.3. The zero-order chi connectivity index (χ0) is 50.7. The molecule has 4 aromatic carbocycles. The average Bonchev–Trinajstić information content (AvgIpc) is 3.39. The van der Waals surface area contributed by atoms with E-state index < -0.39 is 35.1 Å². The van der Waals surface area contributed by atoms with Crippen molar-refractivity contribution in [1.29, 1.82) is 0 Å². The van der Waals surface area contributed by atoms with Gasteiger partial charge in [-0.15, -0.1) is 58.9 Å². The Morgan fingerprint density at radius 2 is 0.775 bits per heavy atom. The lowest BCUT2D eigenvalue weighted by Crippen LogP contribution is -2.37. The molecule has 0 radical (unpaired) electrons. The predicted octanol–water partition coefficient (Wildman–Crippen LogP) is 7.64. The molecule has 2 fully saturated rings. The SMILES string of the molecule is O.O=C(O)C(=O)O.O=C(O)C(=O)O.OC(CCC#CCNCCCc1ccccc1)(c1ccccc1)C1SCCCS1.OC(CCC#CCNCCCc1ccccc1)(c1ccccc1)C1SCCCS1. The van der Waals surface area contributed by atoms with Crippen molar-refractivity contribution in [3.05, 3.63) is 144 Å². The average molecular weight is 1050 g/mol. The van der Waals surface area contributed by atoms with Crippen molar-refractivity contribution < 1.29 is 55.3 Å². The van der Waals surface area contributed by atoms with Crippen molar-refractivity contribution in [2.75, 3.05) is 49.2 Å². The third-order valence-corrected chi connectivity index (χ3v) is 17.1. The topological polar surface area (TPSA) is 245 Å². The largest absolute Gasteiger partial charge is 0.473 e. The Morgan fingerprint density at radius 3 is 1.07 bits per heavy atom. The number of aliphatic carboxylic acids is 4. The second-order valence-electron chi connectivity index (χ2n) is 15.9. The molecule has 0 amide bonds. The third kappa shape index (κ3) is 25.3. The van der Waals surface area contributed by atoms with E-state index >= 15 is 0 Å². The van der Waals surface area contributed by atoms with Crippen LogP contribution in [0.25, 0.3) is 0 Å². The van der Waals surface area contributed by atoms with Gasteiger partial charge in [0, 0.05) is 12.8 Å². The first kappa shape index (κ1) is 62.2. The maximum absolute atomic E-state index is 11.6. The van der Waals surface area contributed by atoms with E-state index in [4.69, 9.17) is 39.6 Å². The molecule has 2 aliphatic heterocycles. The maximum Gasteiger partial charge on any atom is 0.414 e. The van der Waals surface area contributed by atoms with Gasteiger partial charge >= 0.3 is 23.9 Å². The maximum atomic E-state index is 11.6. The Hall–Kier alpha value is -4.92. The predicted molar refractivity (Wildman–Crippen MR) is 291 cm³/mol. The van der Waals surface area contributed by atoms with Gasteiger partial charge in [0.25, 0.3) is 0 Å². The molecule has 0 saturated carbocycles. The monoisotopic (exact) mass is 1050 g/mol. The summed E-state index contributed by atoms with van der Waals surface area (Å²) >= 11 is 7.57. The molecule has 0 aromatic heterocycles. The summed E-state index contributed by atoms with van der Waals surface area (Å²) in [5, 5.41) is 59.5. The summed E-state index contributed by atoms with van der Waals surface area (Å²) in [7, 11) is 0. The van der Waals surface area contributed by atoms with Crippen LogP contribution in [0, 0.1) is 23.7 Å². The van der Waals surface area contributed by atoms with E-state index in [1.54, 1.807) is 0 Å². The summed E-state index contributed by atoms with van der Waals surface area (Å²) in [6.07, 6.45) is 9.70. The van der Waals surface area contributed by atoms with Crippen molar-refractivity contribution in [2.24, 2.45) is 0 Å². The van der Waals surface area contributed by atoms with Gasteiger partial charge in [0.1, 0.15) is 11.2 Å². The van der Waals surface area contributed by atoms with Crippen molar-refractivity contribution in [3.8, 4) is 23.7 Å². The number of carbonyl (C=O) groups is 4. The summed E-state index contributed by atoms with van der Waals surface area (Å²) in [4.78, 5) is 36.4. The van der Waals surface area contributed by atoms with Crippen molar-refractivity contribution in [1.82, 2.24) is 10.6 Å². The van der Waals surface area contributed by atoms with Gasteiger partial charge in [-0.2, -0.15) is 0 Å². The van der Waals surface area contributed by atoms with Crippen molar-refractivity contribution in [2.45, 2.75) is 84.6 Å². The zero-order valence-corrected chi connectivity index (χ0v) is 43.1. The highest BCUT2D eigenvalue weighted by Crippen LogP contribution is 2.47. The van der Waals surface area contributed by atoms with Gasteiger partial charge in [0.2, 0.25) is 0 Å². The fraction of sp³-hybridized carbons (Fsp3) is 0.407. The quantitative estimate of drug-likeness (QED) is 0.0271. The minimum atomic E-state index is -1.82.